The molecule has 3 rings (SSSR count). The van der Waals surface area contributed by atoms with Crippen molar-refractivity contribution in [1.82, 2.24) is 9.97 Å². The normalized spacial score (nSPS) is 18.0. The van der Waals surface area contributed by atoms with E-state index in [0.29, 0.717) is 12.6 Å². The van der Waals surface area contributed by atoms with Crippen molar-refractivity contribution in [3.05, 3.63) is 41.6 Å². The molecule has 0 amide bonds. The van der Waals surface area contributed by atoms with Crippen LogP contribution in [-0.4, -0.2) is 42.9 Å². The Hall–Kier alpha value is -2.34. The standard InChI is InChI=1S/C17H22N4O2/c1-12-8-16(20-17(18)19-12)21-6-7-23-15(11-21)10-13-4-3-5-14(9-13)22-2/h3-5,8-9,15H,6-7,10-11H2,1-2H3,(H2,18,19,20). The van der Waals surface area contributed by atoms with Crippen molar-refractivity contribution in [2.75, 3.05) is 37.4 Å². The summed E-state index contributed by atoms with van der Waals surface area (Å²) in [5.41, 5.74) is 7.84. The van der Waals surface area contributed by atoms with Gasteiger partial charge in [0.2, 0.25) is 5.95 Å². The van der Waals surface area contributed by atoms with Gasteiger partial charge in [-0.3, -0.25) is 0 Å². The molecule has 0 saturated carbocycles. The lowest BCUT2D eigenvalue weighted by molar-refractivity contribution is 0.0408. The highest BCUT2D eigenvalue weighted by molar-refractivity contribution is 5.44. The summed E-state index contributed by atoms with van der Waals surface area (Å²) < 4.78 is 11.2. The fraction of sp³-hybridized carbons (Fsp3) is 0.412. The highest BCUT2D eigenvalue weighted by Crippen LogP contribution is 2.20. The van der Waals surface area contributed by atoms with Gasteiger partial charge in [-0.15, -0.1) is 0 Å². The number of ether oxygens (including phenoxy) is 2. The molecule has 0 spiro atoms. The van der Waals surface area contributed by atoms with E-state index in [9.17, 15) is 0 Å². The Kier molecular flexibility index (Phi) is 4.62. The number of hydrogen-bond donors (Lipinski definition) is 1. The van der Waals surface area contributed by atoms with Gasteiger partial charge in [0.1, 0.15) is 11.6 Å². The fourth-order valence-corrected chi connectivity index (χ4v) is 2.85. The third-order valence-electron chi connectivity index (χ3n) is 3.92. The molecule has 1 fully saturated rings. The van der Waals surface area contributed by atoms with E-state index >= 15 is 0 Å². The van der Waals surface area contributed by atoms with E-state index in [-0.39, 0.29) is 6.10 Å². The molecule has 0 radical (unpaired) electrons. The molecular weight excluding hydrogens is 292 g/mol. The van der Waals surface area contributed by atoms with Crippen molar-refractivity contribution in [3.63, 3.8) is 0 Å². The molecule has 0 aliphatic carbocycles. The van der Waals surface area contributed by atoms with Crippen LogP contribution < -0.4 is 15.4 Å². The van der Waals surface area contributed by atoms with Gasteiger partial charge in [0.15, 0.2) is 0 Å². The number of aryl methyl sites for hydroxylation is 1. The van der Waals surface area contributed by atoms with Gasteiger partial charge in [0, 0.05) is 31.3 Å². The van der Waals surface area contributed by atoms with E-state index in [1.54, 1.807) is 7.11 Å². The molecule has 1 aromatic heterocycles. The van der Waals surface area contributed by atoms with Gasteiger partial charge in [0.05, 0.1) is 19.8 Å². The maximum atomic E-state index is 5.91. The molecule has 2 aromatic rings. The van der Waals surface area contributed by atoms with Crippen LogP contribution in [0.3, 0.4) is 0 Å². The van der Waals surface area contributed by atoms with E-state index in [4.69, 9.17) is 15.2 Å². The zero-order chi connectivity index (χ0) is 16.2. The van der Waals surface area contributed by atoms with E-state index in [1.165, 1.54) is 5.56 Å². The van der Waals surface area contributed by atoms with Crippen LogP contribution >= 0.6 is 0 Å². The molecule has 0 bridgehead atoms. The average molecular weight is 314 g/mol. The Morgan fingerprint density at radius 1 is 1.35 bits per heavy atom. The smallest absolute Gasteiger partial charge is 0.222 e. The van der Waals surface area contributed by atoms with Crippen molar-refractivity contribution in [2.24, 2.45) is 0 Å². The van der Waals surface area contributed by atoms with Crippen LogP contribution in [0.4, 0.5) is 11.8 Å². The molecule has 1 aliphatic rings. The second-order valence-corrected chi connectivity index (χ2v) is 5.72. The Morgan fingerprint density at radius 3 is 3.00 bits per heavy atom. The van der Waals surface area contributed by atoms with E-state index in [2.05, 4.69) is 27.0 Å². The minimum Gasteiger partial charge on any atom is -0.497 e. The van der Waals surface area contributed by atoms with Gasteiger partial charge in [-0.2, -0.15) is 4.98 Å². The summed E-state index contributed by atoms with van der Waals surface area (Å²) in [4.78, 5) is 10.7. The Balaban J connectivity index is 1.70. The second kappa shape index (κ2) is 6.83. The monoisotopic (exact) mass is 314 g/mol. The lowest BCUT2D eigenvalue weighted by Gasteiger charge is -2.34. The van der Waals surface area contributed by atoms with Crippen molar-refractivity contribution < 1.29 is 9.47 Å². The number of rotatable bonds is 4. The third kappa shape index (κ3) is 3.90. The highest BCUT2D eigenvalue weighted by Gasteiger charge is 2.22. The second-order valence-electron chi connectivity index (χ2n) is 5.72. The van der Waals surface area contributed by atoms with Gasteiger partial charge in [-0.1, -0.05) is 12.1 Å². The van der Waals surface area contributed by atoms with Crippen molar-refractivity contribution in [3.8, 4) is 5.75 Å². The molecule has 1 unspecified atom stereocenters. The van der Waals surface area contributed by atoms with Crippen molar-refractivity contribution >= 4 is 11.8 Å². The zero-order valence-electron chi connectivity index (χ0n) is 13.5. The van der Waals surface area contributed by atoms with Gasteiger partial charge in [-0.25, -0.2) is 4.98 Å². The first-order chi connectivity index (χ1) is 11.1. The number of anilines is 2. The number of benzene rings is 1. The lowest BCUT2D eigenvalue weighted by atomic mass is 10.1. The molecular formula is C17H22N4O2. The molecule has 122 valence electrons. The van der Waals surface area contributed by atoms with Crippen LogP contribution in [-0.2, 0) is 11.2 Å². The topological polar surface area (TPSA) is 73.5 Å². The van der Waals surface area contributed by atoms with Crippen LogP contribution in [0.1, 0.15) is 11.3 Å². The van der Waals surface area contributed by atoms with Crippen LogP contribution in [0.5, 0.6) is 5.75 Å². The number of hydrogen-bond acceptors (Lipinski definition) is 6. The lowest BCUT2D eigenvalue weighted by Crippen LogP contribution is -2.44. The van der Waals surface area contributed by atoms with Gasteiger partial charge in [0.25, 0.3) is 0 Å². The van der Waals surface area contributed by atoms with Gasteiger partial charge < -0.3 is 20.1 Å². The number of nitrogens with two attached hydrogens (primary N) is 1. The van der Waals surface area contributed by atoms with Crippen LogP contribution in [0.15, 0.2) is 30.3 Å². The molecule has 6 heteroatoms. The Morgan fingerprint density at radius 2 is 2.22 bits per heavy atom. The van der Waals surface area contributed by atoms with Crippen molar-refractivity contribution in [2.45, 2.75) is 19.4 Å². The maximum absolute atomic E-state index is 5.91. The molecule has 6 nitrogen and oxygen atoms in total. The van der Waals surface area contributed by atoms with Gasteiger partial charge in [-0.05, 0) is 24.6 Å². The molecule has 23 heavy (non-hydrogen) atoms. The fourth-order valence-electron chi connectivity index (χ4n) is 2.85. The summed E-state index contributed by atoms with van der Waals surface area (Å²) in [7, 11) is 1.68. The average Bonchev–Trinajstić information content (AvgIpc) is 2.54. The number of methoxy groups -OCH3 is 1. The zero-order valence-corrected chi connectivity index (χ0v) is 13.5. The summed E-state index contributed by atoms with van der Waals surface area (Å²) in [6, 6.07) is 10.1. The Labute approximate surface area is 136 Å². The number of nitrogens with zero attached hydrogens (tertiary/aromatic N) is 3. The summed E-state index contributed by atoms with van der Waals surface area (Å²) >= 11 is 0. The minimum atomic E-state index is 0.118. The van der Waals surface area contributed by atoms with E-state index < -0.39 is 0 Å². The number of morpholine rings is 1. The first-order valence-corrected chi connectivity index (χ1v) is 7.74. The largest absolute Gasteiger partial charge is 0.497 e. The third-order valence-corrected chi connectivity index (χ3v) is 3.92. The van der Waals surface area contributed by atoms with E-state index in [0.717, 1.165) is 36.8 Å². The molecule has 1 saturated heterocycles. The summed E-state index contributed by atoms with van der Waals surface area (Å²) in [6.45, 7) is 4.20. The number of nitrogen functional groups attached to an aromatic ring is 1. The van der Waals surface area contributed by atoms with E-state index in [1.807, 2.05) is 25.1 Å². The van der Waals surface area contributed by atoms with Crippen LogP contribution in [0.25, 0.3) is 0 Å². The number of aromatic nitrogens is 2. The quantitative estimate of drug-likeness (QED) is 0.928. The van der Waals surface area contributed by atoms with Crippen LogP contribution in [0, 0.1) is 6.92 Å². The highest BCUT2D eigenvalue weighted by atomic mass is 16.5. The molecule has 1 aromatic carbocycles. The van der Waals surface area contributed by atoms with Crippen LogP contribution in [0.2, 0.25) is 0 Å². The summed E-state index contributed by atoms with van der Waals surface area (Å²) in [5.74, 6) is 2.05. The predicted octanol–water partition coefficient (Wildman–Crippen LogP) is 1.82. The first kappa shape index (κ1) is 15.6. The van der Waals surface area contributed by atoms with Gasteiger partial charge >= 0.3 is 0 Å². The van der Waals surface area contributed by atoms with Crippen molar-refractivity contribution in [1.29, 1.82) is 0 Å². The first-order valence-electron chi connectivity index (χ1n) is 7.74. The SMILES string of the molecule is COc1cccc(CC2CN(c3cc(C)nc(N)n3)CCO2)c1. The molecule has 2 N–H and O–H groups in total. The molecule has 2 heterocycles. The maximum Gasteiger partial charge on any atom is 0.222 e. The summed E-state index contributed by atoms with van der Waals surface area (Å²) in [6.07, 6.45) is 0.958. The Bertz CT molecular complexity index is 657. The molecule has 1 atom stereocenters. The predicted molar refractivity (Wildman–Crippen MR) is 89.8 cm³/mol. The molecule has 1 aliphatic heterocycles. The summed E-state index contributed by atoms with van der Waals surface area (Å²) in [5, 5.41) is 0. The minimum absolute atomic E-state index is 0.118.